The van der Waals surface area contributed by atoms with E-state index in [9.17, 15) is 18.0 Å². The molecule has 0 spiro atoms. The lowest BCUT2D eigenvalue weighted by atomic mass is 9.96. The zero-order valence-corrected chi connectivity index (χ0v) is 11.7. The molecule has 1 aromatic rings. The summed E-state index contributed by atoms with van der Waals surface area (Å²) in [6.45, 7) is 0.358. The van der Waals surface area contributed by atoms with Crippen molar-refractivity contribution in [2.45, 2.75) is 19.0 Å². The first-order valence-electron chi connectivity index (χ1n) is 5.48. The molecule has 0 saturated carbocycles. The van der Waals surface area contributed by atoms with E-state index in [0.29, 0.717) is 4.88 Å². The first-order valence-corrected chi connectivity index (χ1v) is 7.15. The summed E-state index contributed by atoms with van der Waals surface area (Å²) in [5, 5.41) is 1.79. The SMILES string of the molecule is O=C(c1cc(Br)cs1)N1CCC(C(F)(F)F)CC1. The summed E-state index contributed by atoms with van der Waals surface area (Å²) in [6.07, 6.45) is -4.13. The van der Waals surface area contributed by atoms with Crippen molar-refractivity contribution in [2.24, 2.45) is 5.92 Å². The molecular formula is C11H11BrF3NOS. The molecule has 0 unspecified atom stereocenters. The highest BCUT2D eigenvalue weighted by Crippen LogP contribution is 2.34. The molecule has 2 nitrogen and oxygen atoms in total. The van der Waals surface area contributed by atoms with Crippen molar-refractivity contribution in [3.8, 4) is 0 Å². The van der Waals surface area contributed by atoms with Crippen molar-refractivity contribution in [2.75, 3.05) is 13.1 Å². The second kappa shape index (κ2) is 5.21. The highest BCUT2D eigenvalue weighted by molar-refractivity contribution is 9.10. The largest absolute Gasteiger partial charge is 0.391 e. The zero-order chi connectivity index (χ0) is 13.3. The second-order valence-corrected chi connectivity index (χ2v) is 6.06. The van der Waals surface area contributed by atoms with Crippen LogP contribution in [0.2, 0.25) is 0 Å². The van der Waals surface area contributed by atoms with Gasteiger partial charge in [-0.1, -0.05) is 0 Å². The van der Waals surface area contributed by atoms with E-state index in [-0.39, 0.29) is 31.8 Å². The van der Waals surface area contributed by atoms with Gasteiger partial charge in [0.1, 0.15) is 0 Å². The third kappa shape index (κ3) is 3.06. The summed E-state index contributed by atoms with van der Waals surface area (Å²) in [4.78, 5) is 14.1. The Kier molecular flexibility index (Phi) is 4.01. The maximum absolute atomic E-state index is 12.5. The van der Waals surface area contributed by atoms with Crippen LogP contribution in [0.15, 0.2) is 15.9 Å². The molecule has 0 radical (unpaired) electrons. The van der Waals surface area contributed by atoms with Gasteiger partial charge < -0.3 is 4.90 Å². The number of carbonyl (C=O) groups excluding carboxylic acids is 1. The average Bonchev–Trinajstić information content (AvgIpc) is 2.74. The standard InChI is InChI=1S/C11H11BrF3NOS/c12-8-5-9(18-6-8)10(17)16-3-1-7(2-4-16)11(13,14)15/h5-7H,1-4H2. The zero-order valence-electron chi connectivity index (χ0n) is 9.34. The predicted molar refractivity (Wildman–Crippen MR) is 66.7 cm³/mol. The van der Waals surface area contributed by atoms with Crippen LogP contribution in [-0.4, -0.2) is 30.1 Å². The Bertz CT molecular complexity index is 438. The quantitative estimate of drug-likeness (QED) is 0.757. The number of nitrogens with zero attached hydrogens (tertiary/aromatic N) is 1. The van der Waals surface area contributed by atoms with Gasteiger partial charge in [-0.05, 0) is 34.8 Å². The molecule has 1 saturated heterocycles. The van der Waals surface area contributed by atoms with E-state index in [1.54, 1.807) is 11.4 Å². The normalized spacial score (nSPS) is 18.1. The summed E-state index contributed by atoms with van der Waals surface area (Å²) in [5.74, 6) is -1.44. The van der Waals surface area contributed by atoms with Gasteiger partial charge in [0, 0.05) is 22.9 Å². The number of amides is 1. The first-order chi connectivity index (χ1) is 8.38. The molecule has 1 fully saturated rings. The molecule has 7 heteroatoms. The minimum atomic E-state index is -4.14. The fraction of sp³-hybridized carbons (Fsp3) is 0.545. The minimum Gasteiger partial charge on any atom is -0.338 e. The van der Waals surface area contributed by atoms with Crippen LogP contribution in [0.1, 0.15) is 22.5 Å². The van der Waals surface area contributed by atoms with Gasteiger partial charge in [-0.25, -0.2) is 0 Å². The van der Waals surface area contributed by atoms with Crippen LogP contribution >= 0.6 is 27.3 Å². The summed E-state index contributed by atoms with van der Waals surface area (Å²) < 4.78 is 38.3. The molecule has 100 valence electrons. The molecule has 2 rings (SSSR count). The Morgan fingerprint density at radius 2 is 2.00 bits per heavy atom. The maximum Gasteiger partial charge on any atom is 0.391 e. The molecule has 0 N–H and O–H groups in total. The van der Waals surface area contributed by atoms with Crippen LogP contribution in [0.4, 0.5) is 13.2 Å². The number of likely N-dealkylation sites (tertiary alicyclic amines) is 1. The summed E-state index contributed by atoms with van der Waals surface area (Å²) in [7, 11) is 0. The van der Waals surface area contributed by atoms with Crippen LogP contribution in [0.3, 0.4) is 0 Å². The van der Waals surface area contributed by atoms with Gasteiger partial charge in [-0.2, -0.15) is 13.2 Å². The Morgan fingerprint density at radius 3 is 2.44 bits per heavy atom. The van der Waals surface area contributed by atoms with Crippen LogP contribution in [0, 0.1) is 5.92 Å². The third-order valence-electron chi connectivity index (χ3n) is 3.02. The Labute approximate surface area is 115 Å². The van der Waals surface area contributed by atoms with Crippen LogP contribution in [-0.2, 0) is 0 Å². The van der Waals surface area contributed by atoms with Gasteiger partial charge in [0.25, 0.3) is 5.91 Å². The molecule has 0 bridgehead atoms. The van der Waals surface area contributed by atoms with Crippen molar-refractivity contribution >= 4 is 33.2 Å². The van der Waals surface area contributed by atoms with E-state index in [1.807, 2.05) is 0 Å². The lowest BCUT2D eigenvalue weighted by Gasteiger charge is -2.32. The van der Waals surface area contributed by atoms with Crippen molar-refractivity contribution in [1.29, 1.82) is 0 Å². The van der Waals surface area contributed by atoms with Crippen molar-refractivity contribution in [3.05, 3.63) is 20.8 Å². The van der Waals surface area contributed by atoms with E-state index in [4.69, 9.17) is 0 Å². The lowest BCUT2D eigenvalue weighted by Crippen LogP contribution is -2.41. The molecule has 18 heavy (non-hydrogen) atoms. The van der Waals surface area contributed by atoms with E-state index in [1.165, 1.54) is 16.2 Å². The van der Waals surface area contributed by atoms with E-state index < -0.39 is 12.1 Å². The lowest BCUT2D eigenvalue weighted by molar-refractivity contribution is -0.183. The maximum atomic E-state index is 12.5. The molecule has 1 aromatic heterocycles. The molecule has 2 heterocycles. The highest BCUT2D eigenvalue weighted by atomic mass is 79.9. The fourth-order valence-electron chi connectivity index (χ4n) is 1.99. The van der Waals surface area contributed by atoms with Gasteiger partial charge in [0.05, 0.1) is 10.8 Å². The molecule has 0 aromatic carbocycles. The monoisotopic (exact) mass is 341 g/mol. The van der Waals surface area contributed by atoms with Gasteiger partial charge in [-0.3, -0.25) is 4.79 Å². The third-order valence-corrected chi connectivity index (χ3v) is 4.70. The Balaban J connectivity index is 1.96. The van der Waals surface area contributed by atoms with Crippen LogP contribution < -0.4 is 0 Å². The molecular weight excluding hydrogens is 331 g/mol. The minimum absolute atomic E-state index is 0.00177. The summed E-state index contributed by atoms with van der Waals surface area (Å²) in [5.41, 5.74) is 0. The molecule has 1 amide bonds. The molecule has 0 atom stereocenters. The number of rotatable bonds is 1. The van der Waals surface area contributed by atoms with E-state index >= 15 is 0 Å². The van der Waals surface area contributed by atoms with Crippen LogP contribution in [0.5, 0.6) is 0 Å². The van der Waals surface area contributed by atoms with Gasteiger partial charge >= 0.3 is 6.18 Å². The number of thiophene rings is 1. The number of hydrogen-bond acceptors (Lipinski definition) is 2. The topological polar surface area (TPSA) is 20.3 Å². The van der Waals surface area contributed by atoms with Gasteiger partial charge in [-0.15, -0.1) is 11.3 Å². The van der Waals surface area contributed by atoms with Crippen LogP contribution in [0.25, 0.3) is 0 Å². The Morgan fingerprint density at radius 1 is 1.39 bits per heavy atom. The van der Waals surface area contributed by atoms with E-state index in [2.05, 4.69) is 15.9 Å². The average molecular weight is 342 g/mol. The van der Waals surface area contributed by atoms with Gasteiger partial charge in [0.2, 0.25) is 0 Å². The predicted octanol–water partition coefficient (Wildman–Crippen LogP) is 3.93. The molecule has 1 aliphatic rings. The fourth-order valence-corrected chi connectivity index (χ4v) is 3.38. The number of halogens is 4. The first kappa shape index (κ1) is 13.9. The van der Waals surface area contributed by atoms with Crippen molar-refractivity contribution in [1.82, 2.24) is 4.90 Å². The van der Waals surface area contributed by atoms with E-state index in [0.717, 1.165) is 4.47 Å². The smallest absolute Gasteiger partial charge is 0.338 e. The summed E-state index contributed by atoms with van der Waals surface area (Å²) in [6, 6.07) is 1.70. The Hall–Kier alpha value is -0.560. The number of carbonyl (C=O) groups is 1. The highest BCUT2D eigenvalue weighted by Gasteiger charge is 2.41. The number of piperidine rings is 1. The molecule has 0 aliphatic carbocycles. The second-order valence-electron chi connectivity index (χ2n) is 4.24. The van der Waals surface area contributed by atoms with Crippen molar-refractivity contribution in [3.63, 3.8) is 0 Å². The molecule has 1 aliphatic heterocycles. The van der Waals surface area contributed by atoms with Crippen molar-refractivity contribution < 1.29 is 18.0 Å². The summed E-state index contributed by atoms with van der Waals surface area (Å²) >= 11 is 4.55. The number of alkyl halides is 3. The number of hydrogen-bond donors (Lipinski definition) is 0. The van der Waals surface area contributed by atoms with Gasteiger partial charge in [0.15, 0.2) is 0 Å².